The lowest BCUT2D eigenvalue weighted by Crippen LogP contribution is -1.84. The van der Waals surface area contributed by atoms with Crippen molar-refractivity contribution in [3.63, 3.8) is 0 Å². The minimum atomic E-state index is 0.886. The van der Waals surface area contributed by atoms with E-state index in [1.54, 1.807) is 12.4 Å². The molecule has 4 heteroatoms. The maximum atomic E-state index is 4.63. The molecular weight excluding hydrogens is 361 g/mol. The fourth-order valence-electron chi connectivity index (χ4n) is 2.39. The van der Waals surface area contributed by atoms with Gasteiger partial charge in [-0.2, -0.15) is 0 Å². The van der Waals surface area contributed by atoms with Crippen LogP contribution in [0.2, 0.25) is 0 Å². The molecule has 0 bridgehead atoms. The lowest BCUT2D eigenvalue weighted by molar-refractivity contribution is 1.33. The fourth-order valence-corrected chi connectivity index (χ4v) is 3.22. The van der Waals surface area contributed by atoms with Gasteiger partial charge in [-0.05, 0) is 51.6 Å². The fraction of sp³-hybridized carbons (Fsp3) is 0. The molecule has 0 aliphatic heterocycles. The van der Waals surface area contributed by atoms with E-state index in [-0.39, 0.29) is 0 Å². The molecule has 0 aliphatic rings. The smallest absolute Gasteiger partial charge is 0.138 e. The molecule has 0 atom stereocenters. The van der Waals surface area contributed by atoms with Crippen LogP contribution in [-0.2, 0) is 0 Å². The third kappa shape index (κ3) is 1.87. The van der Waals surface area contributed by atoms with Gasteiger partial charge in [0.15, 0.2) is 0 Å². The lowest BCUT2D eigenvalue weighted by Gasteiger charge is -2.04. The average Bonchev–Trinajstić information content (AvgIpc) is 2.91. The molecule has 0 unspecified atom stereocenters. The van der Waals surface area contributed by atoms with Crippen molar-refractivity contribution in [3.8, 4) is 11.4 Å². The summed E-state index contributed by atoms with van der Waals surface area (Å²) in [5.74, 6) is 0.886. The number of aromatic nitrogens is 3. The Morgan fingerprint density at radius 2 is 1.95 bits per heavy atom. The van der Waals surface area contributed by atoms with E-state index in [9.17, 15) is 0 Å². The molecule has 0 radical (unpaired) electrons. The van der Waals surface area contributed by atoms with Crippen LogP contribution in [0.5, 0.6) is 0 Å². The monoisotopic (exact) mass is 371 g/mol. The van der Waals surface area contributed by atoms with Crippen LogP contribution in [0.1, 0.15) is 0 Å². The molecule has 4 rings (SSSR count). The van der Waals surface area contributed by atoms with Crippen molar-refractivity contribution in [2.75, 3.05) is 0 Å². The summed E-state index contributed by atoms with van der Waals surface area (Å²) in [5.41, 5.74) is 3.01. The molecule has 20 heavy (non-hydrogen) atoms. The highest BCUT2D eigenvalue weighted by molar-refractivity contribution is 14.1. The molecule has 0 saturated heterocycles. The summed E-state index contributed by atoms with van der Waals surface area (Å²) in [6.45, 7) is 0. The SMILES string of the molecule is Ic1cc(-c2nc3ccncc3[nH]2)cc2ccccc12. The second-order valence-corrected chi connectivity index (χ2v) is 5.82. The van der Waals surface area contributed by atoms with Crippen molar-refractivity contribution in [2.24, 2.45) is 0 Å². The standard InChI is InChI=1S/C16H10IN3/c17-13-8-11(7-10-3-1-2-4-12(10)13)16-19-14-5-6-18-9-15(14)20-16/h1-9H,(H,19,20). The zero-order valence-corrected chi connectivity index (χ0v) is 12.6. The molecule has 0 aliphatic carbocycles. The molecule has 0 fully saturated rings. The highest BCUT2D eigenvalue weighted by Gasteiger charge is 2.08. The van der Waals surface area contributed by atoms with Crippen molar-refractivity contribution in [1.82, 2.24) is 15.0 Å². The molecule has 2 aromatic carbocycles. The number of hydrogen-bond acceptors (Lipinski definition) is 2. The largest absolute Gasteiger partial charge is 0.337 e. The van der Waals surface area contributed by atoms with Gasteiger partial charge in [-0.15, -0.1) is 0 Å². The number of imidazole rings is 1. The van der Waals surface area contributed by atoms with Crippen molar-refractivity contribution in [2.45, 2.75) is 0 Å². The van der Waals surface area contributed by atoms with Gasteiger partial charge in [0.2, 0.25) is 0 Å². The van der Waals surface area contributed by atoms with E-state index in [0.29, 0.717) is 0 Å². The van der Waals surface area contributed by atoms with Crippen LogP contribution in [-0.4, -0.2) is 15.0 Å². The first-order chi connectivity index (χ1) is 9.81. The molecule has 2 heterocycles. The number of rotatable bonds is 1. The van der Waals surface area contributed by atoms with Crippen LogP contribution < -0.4 is 0 Å². The van der Waals surface area contributed by atoms with E-state index >= 15 is 0 Å². The summed E-state index contributed by atoms with van der Waals surface area (Å²) >= 11 is 2.37. The highest BCUT2D eigenvalue weighted by atomic mass is 127. The number of halogens is 1. The Morgan fingerprint density at radius 1 is 1.05 bits per heavy atom. The summed E-state index contributed by atoms with van der Waals surface area (Å²) < 4.78 is 1.23. The molecule has 4 aromatic rings. The molecule has 96 valence electrons. The maximum Gasteiger partial charge on any atom is 0.138 e. The van der Waals surface area contributed by atoms with Gasteiger partial charge in [0.25, 0.3) is 0 Å². The van der Waals surface area contributed by atoms with E-state index in [4.69, 9.17) is 0 Å². The number of aromatic amines is 1. The number of benzene rings is 2. The topological polar surface area (TPSA) is 41.6 Å². The Bertz CT molecular complexity index is 894. The van der Waals surface area contributed by atoms with Crippen LogP contribution in [0.25, 0.3) is 33.2 Å². The van der Waals surface area contributed by atoms with E-state index in [1.807, 2.05) is 6.07 Å². The van der Waals surface area contributed by atoms with Gasteiger partial charge < -0.3 is 4.98 Å². The molecule has 0 spiro atoms. The number of nitrogens with zero attached hydrogens (tertiary/aromatic N) is 2. The number of nitrogens with one attached hydrogen (secondary N) is 1. The van der Waals surface area contributed by atoms with E-state index in [0.717, 1.165) is 22.4 Å². The van der Waals surface area contributed by atoms with Gasteiger partial charge in [-0.25, -0.2) is 4.98 Å². The lowest BCUT2D eigenvalue weighted by atomic mass is 10.1. The summed E-state index contributed by atoms with van der Waals surface area (Å²) in [5, 5.41) is 2.50. The van der Waals surface area contributed by atoms with Crippen molar-refractivity contribution < 1.29 is 0 Å². The Hall–Kier alpha value is -1.95. The molecular formula is C16H10IN3. The first-order valence-electron chi connectivity index (χ1n) is 6.30. The van der Waals surface area contributed by atoms with Crippen LogP contribution in [0.4, 0.5) is 0 Å². The normalized spacial score (nSPS) is 11.2. The molecule has 1 N–H and O–H groups in total. The predicted octanol–water partition coefficient (Wildman–Crippen LogP) is 4.38. The molecule has 2 aromatic heterocycles. The number of hydrogen-bond donors (Lipinski definition) is 1. The van der Waals surface area contributed by atoms with Gasteiger partial charge in [0, 0.05) is 15.3 Å². The number of pyridine rings is 1. The minimum absolute atomic E-state index is 0.886. The van der Waals surface area contributed by atoms with E-state index < -0.39 is 0 Å². The third-order valence-corrected chi connectivity index (χ3v) is 4.26. The van der Waals surface area contributed by atoms with Crippen LogP contribution >= 0.6 is 22.6 Å². The second kappa shape index (κ2) is 4.56. The third-order valence-electron chi connectivity index (χ3n) is 3.37. The molecule has 0 amide bonds. The van der Waals surface area contributed by atoms with Crippen molar-refractivity contribution >= 4 is 44.4 Å². The zero-order valence-electron chi connectivity index (χ0n) is 10.5. The Kier molecular flexibility index (Phi) is 2.70. The Balaban J connectivity index is 1.97. The molecule has 0 saturated carbocycles. The number of H-pyrrole nitrogens is 1. The summed E-state index contributed by atoms with van der Waals surface area (Å²) in [6.07, 6.45) is 3.56. The molecule has 3 nitrogen and oxygen atoms in total. The van der Waals surface area contributed by atoms with Gasteiger partial charge in [0.05, 0.1) is 17.2 Å². The van der Waals surface area contributed by atoms with E-state index in [2.05, 4.69) is 73.9 Å². The summed E-state index contributed by atoms with van der Waals surface area (Å²) in [6, 6.07) is 14.6. The predicted molar refractivity (Wildman–Crippen MR) is 89.5 cm³/mol. The quantitative estimate of drug-likeness (QED) is 0.505. The first kappa shape index (κ1) is 11.8. The maximum absolute atomic E-state index is 4.63. The minimum Gasteiger partial charge on any atom is -0.337 e. The first-order valence-corrected chi connectivity index (χ1v) is 7.37. The average molecular weight is 371 g/mol. The van der Waals surface area contributed by atoms with Gasteiger partial charge in [-0.3, -0.25) is 4.98 Å². The highest BCUT2D eigenvalue weighted by Crippen LogP contribution is 2.28. The second-order valence-electron chi connectivity index (χ2n) is 4.66. The van der Waals surface area contributed by atoms with Gasteiger partial charge in [0.1, 0.15) is 5.82 Å². The summed E-state index contributed by atoms with van der Waals surface area (Å²) in [7, 11) is 0. The van der Waals surface area contributed by atoms with Gasteiger partial charge >= 0.3 is 0 Å². The number of fused-ring (bicyclic) bond motifs is 2. The Labute approximate surface area is 129 Å². The van der Waals surface area contributed by atoms with Crippen LogP contribution in [0, 0.1) is 3.57 Å². The Morgan fingerprint density at radius 3 is 2.85 bits per heavy atom. The van der Waals surface area contributed by atoms with Crippen LogP contribution in [0.3, 0.4) is 0 Å². The zero-order chi connectivity index (χ0) is 13.5. The van der Waals surface area contributed by atoms with Crippen molar-refractivity contribution in [1.29, 1.82) is 0 Å². The summed E-state index contributed by atoms with van der Waals surface area (Å²) in [4.78, 5) is 12.1. The van der Waals surface area contributed by atoms with Gasteiger partial charge in [-0.1, -0.05) is 24.3 Å². The van der Waals surface area contributed by atoms with Crippen LogP contribution in [0.15, 0.2) is 54.9 Å². The van der Waals surface area contributed by atoms with Crippen molar-refractivity contribution in [3.05, 3.63) is 58.4 Å². The van der Waals surface area contributed by atoms with E-state index in [1.165, 1.54) is 14.3 Å².